The first-order chi connectivity index (χ1) is 51.9. The molecule has 1 heterocycles. The number of aliphatic hydroxyl groups is 2. The number of aromatic nitrogens is 2. The number of aliphatic hydroxyl groups excluding tert-OH is 2. The van der Waals surface area contributed by atoms with Crippen LogP contribution in [0.15, 0.2) is 261 Å². The molecular formula is C82H85Br2N7O16. The fourth-order valence-corrected chi connectivity index (χ4v) is 12.2. The van der Waals surface area contributed by atoms with Crippen molar-refractivity contribution in [2.45, 2.75) is 60.8 Å². The number of carboxylic acids is 1. The van der Waals surface area contributed by atoms with Crippen LogP contribution in [0.25, 0.3) is 10.9 Å². The van der Waals surface area contributed by atoms with Gasteiger partial charge in [0.25, 0.3) is 17.1 Å². The van der Waals surface area contributed by atoms with E-state index in [0.717, 1.165) is 57.0 Å². The van der Waals surface area contributed by atoms with Crippen LogP contribution in [-0.4, -0.2) is 112 Å². The van der Waals surface area contributed by atoms with E-state index in [0.29, 0.717) is 64.4 Å². The highest BCUT2D eigenvalue weighted by molar-refractivity contribution is 9.08. The molecule has 0 atom stereocenters. The molecule has 6 N–H and O–H groups in total. The van der Waals surface area contributed by atoms with Crippen LogP contribution in [0.4, 0.5) is 17.1 Å². The minimum absolute atomic E-state index is 0.0820. The molecule has 0 saturated heterocycles. The van der Waals surface area contributed by atoms with E-state index in [1.165, 1.54) is 91.1 Å². The van der Waals surface area contributed by atoms with Gasteiger partial charge in [0.2, 0.25) is 0 Å². The first-order valence-corrected chi connectivity index (χ1v) is 35.7. The second-order valence-corrected chi connectivity index (χ2v) is 24.1. The fraction of sp³-hybridized carbons (Fsp3) is 0.207. The number of nitrogens with two attached hydrogens (primary N) is 1. The van der Waals surface area contributed by atoms with E-state index in [1.54, 1.807) is 24.3 Å². The number of fused-ring (bicyclic) bond motifs is 1. The summed E-state index contributed by atoms with van der Waals surface area (Å²) < 4.78 is 15.9. The van der Waals surface area contributed by atoms with Crippen LogP contribution < -0.4 is 11.1 Å². The molecule has 1 aromatic heterocycles. The molecule has 23 nitrogen and oxygen atoms in total. The van der Waals surface area contributed by atoms with E-state index in [2.05, 4.69) is 173 Å². The predicted octanol–water partition coefficient (Wildman–Crippen LogP) is 16.6. The average molecular weight is 1580 g/mol. The number of alkyl halides is 2. The van der Waals surface area contributed by atoms with E-state index in [4.69, 9.17) is 25.8 Å². The molecule has 25 heteroatoms. The maximum absolute atomic E-state index is 11.7. The van der Waals surface area contributed by atoms with Gasteiger partial charge in [0, 0.05) is 102 Å². The number of nitro groups is 3. The largest absolute Gasteiger partial charge is 0.478 e. The molecule has 558 valence electrons. The zero-order chi connectivity index (χ0) is 78.0. The first kappa shape index (κ1) is 86.2. The molecule has 0 saturated carbocycles. The molecule has 0 unspecified atom stereocenters. The number of nitro benzene ring substituents is 3. The smallest absolute Gasteiger partial charge is 0.338 e. The standard InChI is InChI=1S/C24H24N2O4.C24H22N2O2.C15H17N.C9H8BrNO4.C8H6BrNO4.2CH4O/c1-30-24(27)20-12-13-21(23(16-20)26(28)29)17-25-15-14-22(18-8-4-2-5-9-18)19-10-6-3-7-11-19;1-28-24(27)20-12-13-21-17-26(25-23(21)16-20)15-14-22(18-8-4-2-5-9-18)19-10-6-3-7-11-19;16-12-11-15(13-7-3-1-4-8-13)14-9-5-2-6-10-14;1-15-9(12)6-2-3-7(5-10)8(4-6)11(13)14;9-4-6-2-1-5(8(11)12)3-7(6)10(13)14;2*1-2/h2-13,16,22,25H,14-15,17H2,1H3;2-13,16-17,22H,14-15H2,1H3;1-10,15H,11-12,16H2;2-4H,5H2,1H3;1-3H,4H2,(H,11,12);2*2H,1H3. The van der Waals surface area contributed by atoms with Gasteiger partial charge in [-0.25, -0.2) is 19.2 Å². The Balaban J connectivity index is 0.000000246. The summed E-state index contributed by atoms with van der Waals surface area (Å²) in [6, 6.07) is 80.8. The van der Waals surface area contributed by atoms with Crippen molar-refractivity contribution in [3.63, 3.8) is 0 Å². The molecule has 0 spiro atoms. The van der Waals surface area contributed by atoms with Crippen molar-refractivity contribution in [1.29, 1.82) is 0 Å². The summed E-state index contributed by atoms with van der Waals surface area (Å²) >= 11 is 6.22. The van der Waals surface area contributed by atoms with E-state index in [1.807, 2.05) is 77.6 Å². The van der Waals surface area contributed by atoms with Crippen molar-refractivity contribution >= 4 is 83.7 Å². The Bertz CT molecular complexity index is 4450. The number of benzene rings is 10. The van der Waals surface area contributed by atoms with Crippen LogP contribution in [0.3, 0.4) is 0 Å². The number of halogens is 2. The normalized spacial score (nSPS) is 10.3. The summed E-state index contributed by atoms with van der Waals surface area (Å²) in [6.45, 7) is 2.53. The molecule has 11 rings (SSSR count). The van der Waals surface area contributed by atoms with Crippen LogP contribution in [0, 0.1) is 30.3 Å². The third kappa shape index (κ3) is 26.9. The van der Waals surface area contributed by atoms with Crippen LogP contribution in [0.1, 0.15) is 129 Å². The van der Waals surface area contributed by atoms with Crippen molar-refractivity contribution in [3.05, 3.63) is 364 Å². The van der Waals surface area contributed by atoms with Crippen molar-refractivity contribution in [1.82, 2.24) is 15.1 Å². The number of nitrogens with one attached hydrogen (secondary N) is 1. The number of hydrogen-bond acceptors (Lipinski definition) is 18. The van der Waals surface area contributed by atoms with E-state index < -0.39 is 32.7 Å². The van der Waals surface area contributed by atoms with Gasteiger partial charge in [0.05, 0.1) is 63.9 Å². The van der Waals surface area contributed by atoms with Gasteiger partial charge in [0.1, 0.15) is 0 Å². The highest BCUT2D eigenvalue weighted by atomic mass is 79.9. The number of hydrogen-bond donors (Lipinski definition) is 5. The molecule has 0 bridgehead atoms. The quantitative estimate of drug-likeness (QED) is 0.00886. The highest BCUT2D eigenvalue weighted by Crippen LogP contribution is 2.32. The molecule has 0 aliphatic carbocycles. The molecule has 0 aliphatic heterocycles. The van der Waals surface area contributed by atoms with Gasteiger partial charge in [-0.15, -0.1) is 0 Å². The lowest BCUT2D eigenvalue weighted by atomic mass is 9.88. The van der Waals surface area contributed by atoms with Gasteiger partial charge < -0.3 is 40.6 Å². The molecule has 107 heavy (non-hydrogen) atoms. The Labute approximate surface area is 637 Å². The summed E-state index contributed by atoms with van der Waals surface area (Å²) in [4.78, 5) is 76.1. The average Bonchev–Trinajstić information content (AvgIpc) is 1.76. The molecular weight excluding hydrogens is 1500 g/mol. The Morgan fingerprint density at radius 2 is 0.757 bits per heavy atom. The minimum atomic E-state index is -1.17. The van der Waals surface area contributed by atoms with Crippen molar-refractivity contribution < 1.29 is 63.5 Å². The lowest BCUT2D eigenvalue weighted by Gasteiger charge is -2.18. The summed E-state index contributed by atoms with van der Waals surface area (Å²) in [5.41, 5.74) is 16.2. The zero-order valence-corrected chi connectivity index (χ0v) is 62.8. The number of esters is 3. The van der Waals surface area contributed by atoms with Gasteiger partial charge in [-0.1, -0.05) is 238 Å². The Kier molecular flexibility index (Phi) is 37.9. The lowest BCUT2D eigenvalue weighted by Crippen LogP contribution is -2.18. The van der Waals surface area contributed by atoms with Crippen LogP contribution in [0.2, 0.25) is 0 Å². The molecule has 0 radical (unpaired) electrons. The third-order valence-electron chi connectivity index (χ3n) is 16.4. The van der Waals surface area contributed by atoms with Gasteiger partial charge >= 0.3 is 23.9 Å². The summed E-state index contributed by atoms with van der Waals surface area (Å²) in [5, 5.41) is 64.9. The van der Waals surface area contributed by atoms with Crippen molar-refractivity contribution in [3.8, 4) is 0 Å². The van der Waals surface area contributed by atoms with Crippen LogP contribution in [-0.2, 0) is 38.0 Å². The number of carbonyl (C=O) groups excluding carboxylic acids is 3. The lowest BCUT2D eigenvalue weighted by molar-refractivity contribution is -0.385. The number of aromatic carboxylic acids is 1. The number of methoxy groups -OCH3 is 3. The Morgan fingerprint density at radius 1 is 0.449 bits per heavy atom. The SMILES string of the molecule is CO.CO.COC(=O)c1ccc(CBr)c([N+](=O)[O-])c1.COC(=O)c1ccc(CNCCC(c2ccccc2)c2ccccc2)c([N+](=O)[O-])c1.COC(=O)c1ccc2cn(CCC(c3ccccc3)c3ccccc3)nc2c1.NCCC(c1ccccc1)c1ccccc1.O=C(O)c1ccc(CBr)c([N+](=O)[O-])c1. The van der Waals surface area contributed by atoms with Gasteiger partial charge in [-0.2, -0.15) is 5.10 Å². The van der Waals surface area contributed by atoms with Crippen LogP contribution >= 0.6 is 31.9 Å². The summed E-state index contributed by atoms with van der Waals surface area (Å²) in [5.74, 6) is -1.73. The number of rotatable bonds is 25. The maximum Gasteiger partial charge on any atom is 0.338 e. The van der Waals surface area contributed by atoms with Crippen molar-refractivity contribution in [2.24, 2.45) is 5.73 Å². The Hall–Kier alpha value is -11.5. The van der Waals surface area contributed by atoms with Gasteiger partial charge in [-0.05, 0) is 96.1 Å². The number of aryl methyl sites for hydroxylation is 1. The van der Waals surface area contributed by atoms with E-state index in [-0.39, 0.29) is 45.6 Å². The molecule has 0 amide bonds. The molecule has 0 fully saturated rings. The van der Waals surface area contributed by atoms with Gasteiger partial charge in [-0.3, -0.25) is 35.0 Å². The maximum atomic E-state index is 11.7. The minimum Gasteiger partial charge on any atom is -0.478 e. The summed E-state index contributed by atoms with van der Waals surface area (Å²) in [7, 11) is 5.87. The second-order valence-electron chi connectivity index (χ2n) is 23.0. The molecule has 0 aliphatic rings. The fourth-order valence-electron chi connectivity index (χ4n) is 11.2. The summed E-state index contributed by atoms with van der Waals surface area (Å²) in [6.07, 6.45) is 4.81. The Morgan fingerprint density at radius 3 is 1.09 bits per heavy atom. The number of nitrogens with zero attached hydrogens (tertiary/aromatic N) is 5. The topological polar surface area (TPSA) is 342 Å². The second kappa shape index (κ2) is 47.1. The van der Waals surface area contributed by atoms with E-state index in [9.17, 15) is 49.5 Å². The number of carbonyl (C=O) groups is 4. The first-order valence-electron chi connectivity index (χ1n) is 33.4. The number of ether oxygens (including phenoxy) is 3. The van der Waals surface area contributed by atoms with Gasteiger partial charge in [0.15, 0.2) is 0 Å². The zero-order valence-electron chi connectivity index (χ0n) is 59.6. The van der Waals surface area contributed by atoms with E-state index >= 15 is 0 Å². The van der Waals surface area contributed by atoms with Crippen LogP contribution in [0.5, 0.6) is 0 Å². The third-order valence-corrected chi connectivity index (χ3v) is 17.6. The predicted molar refractivity (Wildman–Crippen MR) is 420 cm³/mol. The van der Waals surface area contributed by atoms with Crippen molar-refractivity contribution in [2.75, 3.05) is 48.6 Å². The monoisotopic (exact) mass is 1580 g/mol. The number of carboxylic acid groups (broad SMARTS) is 1. The highest BCUT2D eigenvalue weighted by Gasteiger charge is 2.22. The molecule has 11 aromatic rings. The molecule has 10 aromatic carbocycles.